The summed E-state index contributed by atoms with van der Waals surface area (Å²) in [6.07, 6.45) is 7.70. The maximum absolute atomic E-state index is 12.8. The van der Waals surface area contributed by atoms with Gasteiger partial charge >= 0.3 is 7.60 Å². The minimum absolute atomic E-state index is 0.267. The molecule has 1 rings (SSSR count). The van der Waals surface area contributed by atoms with E-state index in [0.717, 1.165) is 28.6 Å². The normalized spacial score (nSPS) is 11.7. The van der Waals surface area contributed by atoms with E-state index < -0.39 is 7.60 Å². The standard InChI is InChI=1S/C20H34BrO4P/c1-4-7-8-9-10-11-12-23-20-14-18(16-21)13-19(15-20)17-26(22,24-5-2)25-6-3/h13-15H,4-12,16-17H2,1-3H3. The predicted molar refractivity (Wildman–Crippen MR) is 113 cm³/mol. The van der Waals surface area contributed by atoms with Gasteiger partial charge < -0.3 is 13.8 Å². The van der Waals surface area contributed by atoms with Crippen molar-refractivity contribution >= 4 is 23.5 Å². The maximum atomic E-state index is 12.8. The molecule has 0 aliphatic heterocycles. The van der Waals surface area contributed by atoms with Crippen molar-refractivity contribution in [2.24, 2.45) is 0 Å². The summed E-state index contributed by atoms with van der Waals surface area (Å²) in [7, 11) is -3.11. The summed E-state index contributed by atoms with van der Waals surface area (Å²) in [5.74, 6) is 0.824. The molecule has 0 atom stereocenters. The second-order valence-electron chi connectivity index (χ2n) is 6.34. The zero-order valence-electron chi connectivity index (χ0n) is 16.5. The number of hydrogen-bond acceptors (Lipinski definition) is 4. The van der Waals surface area contributed by atoms with Gasteiger partial charge in [-0.15, -0.1) is 0 Å². The molecule has 4 nitrogen and oxygen atoms in total. The summed E-state index contributed by atoms with van der Waals surface area (Å²) < 4.78 is 29.5. The van der Waals surface area contributed by atoms with Gasteiger partial charge in [-0.3, -0.25) is 4.57 Å². The maximum Gasteiger partial charge on any atom is 0.335 e. The third kappa shape index (κ3) is 9.55. The molecule has 0 unspecified atom stereocenters. The minimum Gasteiger partial charge on any atom is -0.494 e. The van der Waals surface area contributed by atoms with Gasteiger partial charge in [-0.1, -0.05) is 61.0 Å². The number of benzene rings is 1. The van der Waals surface area contributed by atoms with Crippen molar-refractivity contribution in [3.63, 3.8) is 0 Å². The van der Waals surface area contributed by atoms with Gasteiger partial charge in [0.25, 0.3) is 0 Å². The van der Waals surface area contributed by atoms with Crippen molar-refractivity contribution in [2.45, 2.75) is 70.8 Å². The van der Waals surface area contributed by atoms with Gasteiger partial charge in [0.2, 0.25) is 0 Å². The smallest absolute Gasteiger partial charge is 0.335 e. The van der Waals surface area contributed by atoms with Gasteiger partial charge in [0.05, 0.1) is 26.0 Å². The summed E-state index contributed by atoms with van der Waals surface area (Å²) in [6.45, 7) is 7.35. The largest absolute Gasteiger partial charge is 0.494 e. The SMILES string of the molecule is CCCCCCCCOc1cc(CBr)cc(CP(=O)(OCC)OCC)c1. The minimum atomic E-state index is -3.11. The van der Waals surface area contributed by atoms with Crippen LogP contribution in [-0.2, 0) is 25.1 Å². The molecule has 0 radical (unpaired) electrons. The molecule has 0 aliphatic rings. The molecule has 0 spiro atoms. The molecule has 150 valence electrons. The van der Waals surface area contributed by atoms with Crippen LogP contribution in [0.2, 0.25) is 0 Å². The Balaban J connectivity index is 2.65. The van der Waals surface area contributed by atoms with E-state index in [1.807, 2.05) is 32.0 Å². The molecule has 0 saturated heterocycles. The highest BCUT2D eigenvalue weighted by Gasteiger charge is 2.24. The van der Waals surface area contributed by atoms with Crippen LogP contribution in [0, 0.1) is 0 Å². The Bertz CT molecular complexity index is 541. The van der Waals surface area contributed by atoms with Crippen LogP contribution in [0.15, 0.2) is 18.2 Å². The summed E-state index contributed by atoms with van der Waals surface area (Å²) in [5.41, 5.74) is 2.02. The lowest BCUT2D eigenvalue weighted by Gasteiger charge is -2.18. The van der Waals surface area contributed by atoms with Crippen LogP contribution >= 0.6 is 23.5 Å². The van der Waals surface area contributed by atoms with Gasteiger partial charge in [-0.25, -0.2) is 0 Å². The molecule has 0 aromatic heterocycles. The third-order valence-corrected chi connectivity index (χ3v) is 6.68. The van der Waals surface area contributed by atoms with E-state index in [1.54, 1.807) is 0 Å². The highest BCUT2D eigenvalue weighted by Crippen LogP contribution is 2.51. The zero-order valence-corrected chi connectivity index (χ0v) is 18.9. The van der Waals surface area contributed by atoms with Crippen molar-refractivity contribution in [3.8, 4) is 5.75 Å². The number of hydrogen-bond donors (Lipinski definition) is 0. The van der Waals surface area contributed by atoms with E-state index in [1.165, 1.54) is 32.1 Å². The van der Waals surface area contributed by atoms with E-state index >= 15 is 0 Å². The van der Waals surface area contributed by atoms with Crippen molar-refractivity contribution in [3.05, 3.63) is 29.3 Å². The van der Waals surface area contributed by atoms with Crippen molar-refractivity contribution in [1.29, 1.82) is 0 Å². The first-order valence-corrected chi connectivity index (χ1v) is 12.6. The quantitative estimate of drug-likeness (QED) is 0.163. The summed E-state index contributed by atoms with van der Waals surface area (Å²) in [6, 6.07) is 6.01. The molecular weight excluding hydrogens is 415 g/mol. The van der Waals surface area contributed by atoms with E-state index in [2.05, 4.69) is 22.9 Å². The average Bonchev–Trinajstić information content (AvgIpc) is 2.61. The lowest BCUT2D eigenvalue weighted by molar-refractivity contribution is 0.219. The van der Waals surface area contributed by atoms with Gasteiger partial charge in [0.15, 0.2) is 0 Å². The molecule has 0 amide bonds. The van der Waals surface area contributed by atoms with Gasteiger partial charge in [0.1, 0.15) is 5.75 Å². The first-order valence-electron chi connectivity index (χ1n) is 9.76. The molecule has 0 N–H and O–H groups in total. The molecule has 0 fully saturated rings. The Labute approximate surface area is 167 Å². The van der Waals surface area contributed by atoms with Crippen LogP contribution in [0.5, 0.6) is 5.75 Å². The van der Waals surface area contributed by atoms with Crippen LogP contribution in [-0.4, -0.2) is 19.8 Å². The molecule has 0 bridgehead atoms. The average molecular weight is 449 g/mol. The fourth-order valence-corrected chi connectivity index (χ4v) is 4.80. The summed E-state index contributed by atoms with van der Waals surface area (Å²) in [4.78, 5) is 0. The van der Waals surface area contributed by atoms with Crippen LogP contribution < -0.4 is 4.74 Å². The lowest BCUT2D eigenvalue weighted by Crippen LogP contribution is -2.02. The molecule has 0 saturated carbocycles. The topological polar surface area (TPSA) is 44.8 Å². The number of halogens is 1. The Kier molecular flexibility index (Phi) is 12.5. The van der Waals surface area contributed by atoms with E-state index in [4.69, 9.17) is 13.8 Å². The van der Waals surface area contributed by atoms with E-state index in [-0.39, 0.29) is 6.16 Å². The number of rotatable bonds is 15. The van der Waals surface area contributed by atoms with Crippen molar-refractivity contribution in [1.82, 2.24) is 0 Å². The predicted octanol–water partition coefficient (Wildman–Crippen LogP) is 7.09. The van der Waals surface area contributed by atoms with Crippen LogP contribution in [0.25, 0.3) is 0 Å². The molecule has 0 heterocycles. The Hall–Kier alpha value is -0.350. The van der Waals surface area contributed by atoms with E-state index in [0.29, 0.717) is 19.8 Å². The molecule has 6 heteroatoms. The summed E-state index contributed by atoms with van der Waals surface area (Å²) >= 11 is 3.50. The van der Waals surface area contributed by atoms with Crippen molar-refractivity contribution < 1.29 is 18.3 Å². The fourth-order valence-electron chi connectivity index (χ4n) is 2.80. The van der Waals surface area contributed by atoms with Crippen LogP contribution in [0.4, 0.5) is 0 Å². The monoisotopic (exact) mass is 448 g/mol. The number of unbranched alkanes of at least 4 members (excludes halogenated alkanes) is 5. The Morgan fingerprint density at radius 3 is 2.12 bits per heavy atom. The molecule has 26 heavy (non-hydrogen) atoms. The molecule has 1 aromatic carbocycles. The summed E-state index contributed by atoms with van der Waals surface area (Å²) in [5, 5.41) is 0.724. The molecule has 0 aliphatic carbocycles. The highest BCUT2D eigenvalue weighted by molar-refractivity contribution is 9.08. The van der Waals surface area contributed by atoms with E-state index in [9.17, 15) is 4.57 Å². The zero-order chi connectivity index (χ0) is 19.3. The molecule has 1 aromatic rings. The third-order valence-electron chi connectivity index (χ3n) is 3.97. The van der Waals surface area contributed by atoms with Crippen LogP contribution in [0.3, 0.4) is 0 Å². The van der Waals surface area contributed by atoms with Gasteiger partial charge in [-0.2, -0.15) is 0 Å². The number of ether oxygens (including phenoxy) is 1. The Morgan fingerprint density at radius 2 is 1.50 bits per heavy atom. The van der Waals surface area contributed by atoms with Crippen molar-refractivity contribution in [2.75, 3.05) is 19.8 Å². The lowest BCUT2D eigenvalue weighted by atomic mass is 10.1. The van der Waals surface area contributed by atoms with Gasteiger partial charge in [0, 0.05) is 5.33 Å². The van der Waals surface area contributed by atoms with Gasteiger partial charge in [-0.05, 0) is 43.5 Å². The van der Waals surface area contributed by atoms with Crippen LogP contribution in [0.1, 0.15) is 70.4 Å². The second kappa shape index (κ2) is 13.8. The fraction of sp³-hybridized carbons (Fsp3) is 0.700. The second-order valence-corrected chi connectivity index (χ2v) is 8.95. The highest BCUT2D eigenvalue weighted by atomic mass is 79.9. The number of alkyl halides is 1. The first kappa shape index (κ1) is 23.7. The first-order chi connectivity index (χ1) is 12.6. The molecular formula is C20H34BrO4P. The Morgan fingerprint density at radius 1 is 0.885 bits per heavy atom.